The van der Waals surface area contributed by atoms with E-state index in [1.54, 1.807) is 0 Å². The Hall–Kier alpha value is -0.570. The van der Waals surface area contributed by atoms with Gasteiger partial charge in [0.25, 0.3) is 0 Å². The third-order valence-electron chi connectivity index (χ3n) is 3.35. The molecule has 3 nitrogen and oxygen atoms in total. The molecular formula is C12H24N2O. The van der Waals surface area contributed by atoms with E-state index in [1.165, 1.54) is 25.7 Å². The predicted molar refractivity (Wildman–Crippen MR) is 62.7 cm³/mol. The lowest BCUT2D eigenvalue weighted by molar-refractivity contribution is -0.121. The lowest BCUT2D eigenvalue weighted by Crippen LogP contribution is -2.34. The molecule has 0 unspecified atom stereocenters. The van der Waals surface area contributed by atoms with Crippen molar-refractivity contribution in [3.63, 3.8) is 0 Å². The van der Waals surface area contributed by atoms with Crippen molar-refractivity contribution in [2.45, 2.75) is 45.4 Å². The van der Waals surface area contributed by atoms with E-state index in [0.717, 1.165) is 19.5 Å². The maximum absolute atomic E-state index is 11.5. The van der Waals surface area contributed by atoms with Crippen LogP contribution in [-0.4, -0.2) is 26.0 Å². The summed E-state index contributed by atoms with van der Waals surface area (Å²) in [6.45, 7) is 4.07. The van der Waals surface area contributed by atoms with Crippen molar-refractivity contribution in [1.29, 1.82) is 0 Å². The number of nitrogens with one attached hydrogen (secondary N) is 2. The van der Waals surface area contributed by atoms with Gasteiger partial charge in [-0.3, -0.25) is 4.79 Å². The van der Waals surface area contributed by atoms with Gasteiger partial charge >= 0.3 is 0 Å². The van der Waals surface area contributed by atoms with Crippen molar-refractivity contribution in [3.8, 4) is 0 Å². The molecular weight excluding hydrogens is 188 g/mol. The molecule has 0 saturated heterocycles. The Morgan fingerprint density at radius 3 is 2.60 bits per heavy atom. The smallest absolute Gasteiger partial charge is 0.220 e. The molecule has 1 rings (SSSR count). The van der Waals surface area contributed by atoms with Crippen molar-refractivity contribution >= 4 is 5.91 Å². The summed E-state index contributed by atoms with van der Waals surface area (Å²) in [4.78, 5) is 11.5. The van der Waals surface area contributed by atoms with E-state index in [2.05, 4.69) is 17.6 Å². The van der Waals surface area contributed by atoms with E-state index in [9.17, 15) is 4.79 Å². The fourth-order valence-electron chi connectivity index (χ4n) is 2.23. The van der Waals surface area contributed by atoms with Crippen molar-refractivity contribution in [3.05, 3.63) is 0 Å². The zero-order valence-electron chi connectivity index (χ0n) is 10.1. The highest BCUT2D eigenvalue weighted by molar-refractivity contribution is 5.75. The van der Waals surface area contributed by atoms with E-state index in [4.69, 9.17) is 0 Å². The molecule has 0 radical (unpaired) electrons. The first-order valence-corrected chi connectivity index (χ1v) is 6.08. The summed E-state index contributed by atoms with van der Waals surface area (Å²) in [5.74, 6) is 0.207. The van der Waals surface area contributed by atoms with Gasteiger partial charge in [0.05, 0.1) is 0 Å². The molecule has 15 heavy (non-hydrogen) atoms. The van der Waals surface area contributed by atoms with Crippen LogP contribution in [0, 0.1) is 5.41 Å². The van der Waals surface area contributed by atoms with Crippen LogP contribution in [0.2, 0.25) is 0 Å². The maximum Gasteiger partial charge on any atom is 0.220 e. The molecule has 0 aromatic rings. The Balaban J connectivity index is 2.10. The van der Waals surface area contributed by atoms with Gasteiger partial charge in [-0.15, -0.1) is 0 Å². The minimum atomic E-state index is 0.207. The fourth-order valence-corrected chi connectivity index (χ4v) is 2.23. The predicted octanol–water partition coefficient (Wildman–Crippen LogP) is 1.68. The van der Waals surface area contributed by atoms with Crippen molar-refractivity contribution in [1.82, 2.24) is 10.6 Å². The Morgan fingerprint density at radius 2 is 2.00 bits per heavy atom. The molecule has 0 spiro atoms. The van der Waals surface area contributed by atoms with Crippen LogP contribution < -0.4 is 10.6 Å². The summed E-state index contributed by atoms with van der Waals surface area (Å²) in [7, 11) is 1.91. The van der Waals surface area contributed by atoms with Gasteiger partial charge in [0, 0.05) is 13.0 Å². The summed E-state index contributed by atoms with van der Waals surface area (Å²) >= 11 is 0. The number of hydrogen-bond donors (Lipinski definition) is 2. The van der Waals surface area contributed by atoms with Crippen molar-refractivity contribution in [2.75, 3.05) is 20.1 Å². The van der Waals surface area contributed by atoms with Gasteiger partial charge in [-0.1, -0.05) is 19.8 Å². The molecule has 0 aromatic carbocycles. The van der Waals surface area contributed by atoms with Gasteiger partial charge in [0.1, 0.15) is 0 Å². The maximum atomic E-state index is 11.5. The number of amides is 1. The van der Waals surface area contributed by atoms with Crippen LogP contribution in [0.25, 0.3) is 0 Å². The first kappa shape index (κ1) is 12.5. The third kappa shape index (κ3) is 4.65. The minimum Gasteiger partial charge on any atom is -0.356 e. The van der Waals surface area contributed by atoms with Crippen LogP contribution in [0.15, 0.2) is 0 Å². The zero-order valence-corrected chi connectivity index (χ0v) is 10.1. The second kappa shape index (κ2) is 6.11. The highest BCUT2D eigenvalue weighted by Crippen LogP contribution is 2.36. The fraction of sp³-hybridized carbons (Fsp3) is 0.917. The first-order valence-electron chi connectivity index (χ1n) is 6.08. The number of carbonyl (C=O) groups is 1. The number of carbonyl (C=O) groups excluding carboxylic acids is 1. The lowest BCUT2D eigenvalue weighted by atomic mass is 9.89. The van der Waals surface area contributed by atoms with Crippen LogP contribution in [0.1, 0.15) is 45.4 Å². The number of hydrogen-bond acceptors (Lipinski definition) is 2. The summed E-state index contributed by atoms with van der Waals surface area (Å²) in [5, 5.41) is 6.11. The minimum absolute atomic E-state index is 0.207. The molecule has 1 aliphatic carbocycles. The number of rotatable bonds is 6. The molecule has 3 heteroatoms. The van der Waals surface area contributed by atoms with Crippen LogP contribution in [-0.2, 0) is 4.79 Å². The Kier molecular flexibility index (Phi) is 5.09. The molecule has 1 amide bonds. The Labute approximate surface area is 93.0 Å². The topological polar surface area (TPSA) is 41.1 Å². The first-order chi connectivity index (χ1) is 7.16. The molecule has 0 aromatic heterocycles. The average molecular weight is 212 g/mol. The van der Waals surface area contributed by atoms with E-state index in [1.807, 2.05) is 7.05 Å². The molecule has 0 atom stereocenters. The zero-order chi connectivity index (χ0) is 11.1. The van der Waals surface area contributed by atoms with Gasteiger partial charge in [0.2, 0.25) is 5.91 Å². The Morgan fingerprint density at radius 1 is 1.33 bits per heavy atom. The van der Waals surface area contributed by atoms with Crippen LogP contribution >= 0.6 is 0 Å². The van der Waals surface area contributed by atoms with Crippen LogP contribution in [0.4, 0.5) is 0 Å². The van der Waals surface area contributed by atoms with Gasteiger partial charge in [0.15, 0.2) is 0 Å². The lowest BCUT2D eigenvalue weighted by Gasteiger charge is -2.23. The normalized spacial score (nSPS) is 19.1. The van der Waals surface area contributed by atoms with Gasteiger partial charge in [-0.2, -0.15) is 0 Å². The average Bonchev–Trinajstić information content (AvgIpc) is 2.64. The van der Waals surface area contributed by atoms with Crippen molar-refractivity contribution < 1.29 is 4.79 Å². The van der Waals surface area contributed by atoms with E-state index in [0.29, 0.717) is 11.8 Å². The molecule has 0 bridgehead atoms. The molecule has 2 N–H and O–H groups in total. The SMILES string of the molecule is CNCCCC(=O)NCC1(C)CCCC1. The van der Waals surface area contributed by atoms with Gasteiger partial charge < -0.3 is 10.6 Å². The quantitative estimate of drug-likeness (QED) is 0.658. The second-order valence-corrected chi connectivity index (χ2v) is 5.00. The van der Waals surface area contributed by atoms with Gasteiger partial charge in [-0.25, -0.2) is 0 Å². The van der Waals surface area contributed by atoms with Gasteiger partial charge in [-0.05, 0) is 38.3 Å². The largest absolute Gasteiger partial charge is 0.356 e. The summed E-state index contributed by atoms with van der Waals surface area (Å²) in [6, 6.07) is 0. The molecule has 0 aliphatic heterocycles. The standard InChI is InChI=1S/C12H24N2O/c1-12(7-3-4-8-12)10-14-11(15)6-5-9-13-2/h13H,3-10H2,1-2H3,(H,14,15). The monoisotopic (exact) mass is 212 g/mol. The van der Waals surface area contributed by atoms with Crippen molar-refractivity contribution in [2.24, 2.45) is 5.41 Å². The van der Waals surface area contributed by atoms with E-state index in [-0.39, 0.29) is 5.91 Å². The highest BCUT2D eigenvalue weighted by Gasteiger charge is 2.28. The van der Waals surface area contributed by atoms with E-state index >= 15 is 0 Å². The second-order valence-electron chi connectivity index (χ2n) is 5.00. The molecule has 0 heterocycles. The molecule has 88 valence electrons. The summed E-state index contributed by atoms with van der Waals surface area (Å²) < 4.78 is 0. The molecule has 1 saturated carbocycles. The summed E-state index contributed by atoms with van der Waals surface area (Å²) in [5.41, 5.74) is 0.374. The van der Waals surface area contributed by atoms with E-state index < -0.39 is 0 Å². The van der Waals surface area contributed by atoms with Crippen LogP contribution in [0.3, 0.4) is 0 Å². The third-order valence-corrected chi connectivity index (χ3v) is 3.35. The van der Waals surface area contributed by atoms with Crippen LogP contribution in [0.5, 0.6) is 0 Å². The highest BCUT2D eigenvalue weighted by atomic mass is 16.1. The molecule has 1 fully saturated rings. The molecule has 1 aliphatic rings. The summed E-state index contributed by atoms with van der Waals surface area (Å²) in [6.07, 6.45) is 6.77. The Bertz CT molecular complexity index is 198.